The summed E-state index contributed by atoms with van der Waals surface area (Å²) < 4.78 is 16.1. The Morgan fingerprint density at radius 2 is 2.00 bits per heavy atom. The summed E-state index contributed by atoms with van der Waals surface area (Å²) in [7, 11) is -1.19. The molecule has 6 heteroatoms. The van der Waals surface area contributed by atoms with Gasteiger partial charge in [0.1, 0.15) is 4.21 Å². The minimum absolute atomic E-state index is 0.633. The largest absolute Gasteiger partial charge is 0.248 e. The molecule has 3 nitrogen and oxygen atoms in total. The third-order valence-corrected chi connectivity index (χ3v) is 4.11. The lowest BCUT2D eigenvalue weighted by atomic mass is 10.4. The number of nitrogens with zero attached hydrogens (tertiary/aromatic N) is 2. The number of aromatic nitrogens is 2. The van der Waals surface area contributed by atoms with Crippen molar-refractivity contribution in [2.45, 2.75) is 9.10 Å². The van der Waals surface area contributed by atoms with Crippen LogP contribution >= 0.6 is 23.1 Å². The smallest absolute Gasteiger partial charge is 0.137 e. The minimum atomic E-state index is -1.19. The van der Waals surface area contributed by atoms with E-state index < -0.39 is 10.8 Å². The standard InChI is InChI=1S/C8H5ClN2OS2/c9-6-1-3-7(4-2-6)14(12)8-5-10-11-13-8/h1-5H/t14-/m1/s1. The summed E-state index contributed by atoms with van der Waals surface area (Å²) in [5, 5.41) is 4.27. The average Bonchev–Trinajstić information content (AvgIpc) is 2.71. The Hall–Kier alpha value is -0.780. The number of hydrogen-bond donors (Lipinski definition) is 0. The quantitative estimate of drug-likeness (QED) is 0.815. The molecule has 2 aromatic rings. The lowest BCUT2D eigenvalue weighted by Crippen LogP contribution is -1.88. The molecule has 1 atom stereocenters. The van der Waals surface area contributed by atoms with Gasteiger partial charge in [-0.2, -0.15) is 0 Å². The lowest BCUT2D eigenvalue weighted by molar-refractivity contribution is 0.684. The molecule has 1 aromatic heterocycles. The molecule has 0 aliphatic carbocycles. The first-order valence-electron chi connectivity index (χ1n) is 3.72. The van der Waals surface area contributed by atoms with Crippen LogP contribution in [0.5, 0.6) is 0 Å². The van der Waals surface area contributed by atoms with E-state index in [1.165, 1.54) is 6.20 Å². The monoisotopic (exact) mass is 244 g/mol. The van der Waals surface area contributed by atoms with Crippen molar-refractivity contribution in [3.8, 4) is 0 Å². The second kappa shape index (κ2) is 4.16. The summed E-state index contributed by atoms with van der Waals surface area (Å²) >= 11 is 6.86. The summed E-state index contributed by atoms with van der Waals surface area (Å²) in [5.41, 5.74) is 0. The number of halogens is 1. The predicted octanol–water partition coefficient (Wildman–Crippen LogP) is 2.36. The van der Waals surface area contributed by atoms with Gasteiger partial charge in [-0.05, 0) is 35.8 Å². The zero-order chi connectivity index (χ0) is 9.97. The van der Waals surface area contributed by atoms with E-state index in [-0.39, 0.29) is 0 Å². The highest BCUT2D eigenvalue weighted by Gasteiger charge is 2.08. The summed E-state index contributed by atoms with van der Waals surface area (Å²) in [6, 6.07) is 6.89. The van der Waals surface area contributed by atoms with Crippen LogP contribution in [0.2, 0.25) is 5.02 Å². The van der Waals surface area contributed by atoms with Gasteiger partial charge in [0.2, 0.25) is 0 Å². The molecular formula is C8H5ClN2OS2. The number of benzene rings is 1. The fraction of sp³-hybridized carbons (Fsp3) is 0. The van der Waals surface area contributed by atoms with Crippen LogP contribution in [0.4, 0.5) is 0 Å². The van der Waals surface area contributed by atoms with Crippen LogP contribution in [0.1, 0.15) is 0 Å². The highest BCUT2D eigenvalue weighted by Crippen LogP contribution is 2.19. The molecule has 0 bridgehead atoms. The second-order valence-corrected chi connectivity index (χ2v) is 5.39. The zero-order valence-electron chi connectivity index (χ0n) is 6.88. The van der Waals surface area contributed by atoms with Crippen molar-refractivity contribution >= 4 is 33.9 Å². The van der Waals surface area contributed by atoms with Crippen LogP contribution in [0.15, 0.2) is 39.6 Å². The van der Waals surface area contributed by atoms with E-state index in [2.05, 4.69) is 9.59 Å². The van der Waals surface area contributed by atoms with Crippen LogP contribution < -0.4 is 0 Å². The average molecular weight is 245 g/mol. The van der Waals surface area contributed by atoms with Crippen LogP contribution in [-0.2, 0) is 10.8 Å². The van der Waals surface area contributed by atoms with Gasteiger partial charge in [-0.3, -0.25) is 0 Å². The van der Waals surface area contributed by atoms with E-state index in [9.17, 15) is 4.21 Å². The first-order chi connectivity index (χ1) is 6.77. The van der Waals surface area contributed by atoms with E-state index in [4.69, 9.17) is 11.6 Å². The van der Waals surface area contributed by atoms with E-state index in [1.54, 1.807) is 24.3 Å². The van der Waals surface area contributed by atoms with E-state index in [0.717, 1.165) is 11.5 Å². The van der Waals surface area contributed by atoms with Gasteiger partial charge in [0.05, 0.1) is 17.0 Å². The maximum atomic E-state index is 11.8. The highest BCUT2D eigenvalue weighted by atomic mass is 35.5. The van der Waals surface area contributed by atoms with Gasteiger partial charge < -0.3 is 0 Å². The fourth-order valence-corrected chi connectivity index (χ4v) is 2.73. The van der Waals surface area contributed by atoms with Crippen molar-refractivity contribution in [2.75, 3.05) is 0 Å². The molecule has 0 saturated carbocycles. The molecule has 72 valence electrons. The molecule has 0 radical (unpaired) electrons. The molecule has 0 amide bonds. The Morgan fingerprint density at radius 1 is 1.29 bits per heavy atom. The van der Waals surface area contributed by atoms with Gasteiger partial charge in [-0.1, -0.05) is 16.1 Å². The van der Waals surface area contributed by atoms with Crippen molar-refractivity contribution in [1.29, 1.82) is 0 Å². The molecule has 0 spiro atoms. The molecule has 0 unspecified atom stereocenters. The summed E-state index contributed by atoms with van der Waals surface area (Å²) in [6.07, 6.45) is 1.51. The van der Waals surface area contributed by atoms with E-state index in [1.807, 2.05) is 0 Å². The highest BCUT2D eigenvalue weighted by molar-refractivity contribution is 7.87. The molecule has 0 fully saturated rings. The Balaban J connectivity index is 2.33. The van der Waals surface area contributed by atoms with Crippen LogP contribution in [0, 0.1) is 0 Å². The van der Waals surface area contributed by atoms with Gasteiger partial charge >= 0.3 is 0 Å². The zero-order valence-corrected chi connectivity index (χ0v) is 9.27. The normalized spacial score (nSPS) is 12.6. The predicted molar refractivity (Wildman–Crippen MR) is 56.0 cm³/mol. The topological polar surface area (TPSA) is 42.9 Å². The molecule has 14 heavy (non-hydrogen) atoms. The molecular weight excluding hydrogens is 240 g/mol. The van der Waals surface area contributed by atoms with Gasteiger partial charge in [-0.25, -0.2) is 4.21 Å². The molecule has 0 saturated heterocycles. The second-order valence-electron chi connectivity index (χ2n) is 2.46. The maximum Gasteiger partial charge on any atom is 0.137 e. The first-order valence-corrected chi connectivity index (χ1v) is 6.02. The third-order valence-electron chi connectivity index (χ3n) is 1.55. The van der Waals surface area contributed by atoms with Gasteiger partial charge in [-0.15, -0.1) is 5.10 Å². The van der Waals surface area contributed by atoms with E-state index in [0.29, 0.717) is 14.1 Å². The molecule has 0 aliphatic heterocycles. The molecule has 0 aliphatic rings. The van der Waals surface area contributed by atoms with Crippen molar-refractivity contribution in [3.63, 3.8) is 0 Å². The van der Waals surface area contributed by atoms with Crippen LogP contribution in [0.25, 0.3) is 0 Å². The Labute approximate surface area is 92.4 Å². The Kier molecular flexibility index (Phi) is 2.90. The fourth-order valence-electron chi connectivity index (χ4n) is 0.914. The maximum absolute atomic E-state index is 11.8. The minimum Gasteiger partial charge on any atom is -0.248 e. The molecule has 1 heterocycles. The van der Waals surface area contributed by atoms with Crippen molar-refractivity contribution in [3.05, 3.63) is 35.5 Å². The van der Waals surface area contributed by atoms with E-state index >= 15 is 0 Å². The van der Waals surface area contributed by atoms with Crippen molar-refractivity contribution in [2.24, 2.45) is 0 Å². The summed E-state index contributed by atoms with van der Waals surface area (Å²) in [6.45, 7) is 0. The number of rotatable bonds is 2. The van der Waals surface area contributed by atoms with Crippen LogP contribution in [0.3, 0.4) is 0 Å². The molecule has 1 aromatic carbocycles. The van der Waals surface area contributed by atoms with Gasteiger partial charge in [0, 0.05) is 9.92 Å². The van der Waals surface area contributed by atoms with Crippen LogP contribution in [-0.4, -0.2) is 13.8 Å². The number of hydrogen-bond acceptors (Lipinski definition) is 4. The summed E-state index contributed by atoms with van der Waals surface area (Å²) in [5.74, 6) is 0. The Bertz CT molecular complexity index is 441. The molecule has 0 N–H and O–H groups in total. The Morgan fingerprint density at radius 3 is 2.57 bits per heavy atom. The molecule has 2 rings (SSSR count). The SMILES string of the molecule is O=[S@](c1ccc(Cl)cc1)c1cnns1. The first kappa shape index (κ1) is 9.76. The van der Waals surface area contributed by atoms with Crippen molar-refractivity contribution < 1.29 is 4.21 Å². The summed E-state index contributed by atoms with van der Waals surface area (Å²) in [4.78, 5) is 0.709. The van der Waals surface area contributed by atoms with Gasteiger partial charge in [0.25, 0.3) is 0 Å². The van der Waals surface area contributed by atoms with Gasteiger partial charge in [0.15, 0.2) is 0 Å². The third kappa shape index (κ3) is 2.00. The lowest BCUT2D eigenvalue weighted by Gasteiger charge is -1.97. The van der Waals surface area contributed by atoms with Crippen molar-refractivity contribution in [1.82, 2.24) is 9.59 Å².